The Morgan fingerprint density at radius 2 is 1.95 bits per heavy atom. The summed E-state index contributed by atoms with van der Waals surface area (Å²) in [5, 5.41) is 3.52. The summed E-state index contributed by atoms with van der Waals surface area (Å²) in [5.41, 5.74) is 2.23. The number of nitrogens with one attached hydrogen (secondary N) is 1. The van der Waals surface area contributed by atoms with Crippen LogP contribution < -0.4 is 14.8 Å². The summed E-state index contributed by atoms with van der Waals surface area (Å²) in [6.07, 6.45) is 3.44. The van der Waals surface area contributed by atoms with Gasteiger partial charge in [0.15, 0.2) is 0 Å². The molecular weight excluding hydrogens is 242 g/mol. The van der Waals surface area contributed by atoms with Crippen molar-refractivity contribution in [1.29, 1.82) is 0 Å². The summed E-state index contributed by atoms with van der Waals surface area (Å²) in [4.78, 5) is 0. The molecule has 1 atom stereocenters. The molecular formula is C15H23NO3. The fourth-order valence-corrected chi connectivity index (χ4v) is 2.71. The Morgan fingerprint density at radius 1 is 1.16 bits per heavy atom. The Bertz CT molecular complexity index is 414. The monoisotopic (exact) mass is 265 g/mol. The average Bonchev–Trinajstić information content (AvgIpc) is 2.91. The SMILES string of the molecule is COCc1cc(OC)cc(CC2CCCN2)c1OC. The maximum Gasteiger partial charge on any atom is 0.127 e. The van der Waals surface area contributed by atoms with Crippen molar-refractivity contribution in [3.8, 4) is 11.5 Å². The smallest absolute Gasteiger partial charge is 0.127 e. The molecule has 1 fully saturated rings. The third-order valence-electron chi connectivity index (χ3n) is 3.58. The van der Waals surface area contributed by atoms with Crippen LogP contribution in [0.3, 0.4) is 0 Å². The van der Waals surface area contributed by atoms with E-state index in [0.29, 0.717) is 12.6 Å². The van der Waals surface area contributed by atoms with Crippen LogP contribution in [0.25, 0.3) is 0 Å². The molecule has 1 unspecified atom stereocenters. The van der Waals surface area contributed by atoms with Gasteiger partial charge in [-0.1, -0.05) is 0 Å². The van der Waals surface area contributed by atoms with Crippen molar-refractivity contribution in [2.75, 3.05) is 27.9 Å². The molecule has 4 nitrogen and oxygen atoms in total. The molecule has 4 heteroatoms. The van der Waals surface area contributed by atoms with Crippen molar-refractivity contribution < 1.29 is 14.2 Å². The third kappa shape index (κ3) is 3.39. The van der Waals surface area contributed by atoms with E-state index in [2.05, 4.69) is 11.4 Å². The van der Waals surface area contributed by atoms with Gasteiger partial charge < -0.3 is 19.5 Å². The molecule has 0 radical (unpaired) electrons. The predicted octanol–water partition coefficient (Wildman–Crippen LogP) is 2.14. The predicted molar refractivity (Wildman–Crippen MR) is 75.0 cm³/mol. The van der Waals surface area contributed by atoms with Crippen molar-refractivity contribution >= 4 is 0 Å². The van der Waals surface area contributed by atoms with Gasteiger partial charge in [-0.3, -0.25) is 0 Å². The number of rotatable bonds is 6. The first-order valence-corrected chi connectivity index (χ1v) is 6.74. The highest BCUT2D eigenvalue weighted by Crippen LogP contribution is 2.31. The topological polar surface area (TPSA) is 39.7 Å². The van der Waals surface area contributed by atoms with E-state index in [4.69, 9.17) is 14.2 Å². The summed E-state index contributed by atoms with van der Waals surface area (Å²) < 4.78 is 16.2. The third-order valence-corrected chi connectivity index (χ3v) is 3.58. The number of ether oxygens (including phenoxy) is 3. The van der Waals surface area contributed by atoms with Crippen molar-refractivity contribution in [2.45, 2.75) is 31.9 Å². The minimum Gasteiger partial charge on any atom is -0.497 e. The Hall–Kier alpha value is -1.26. The molecule has 0 aromatic heterocycles. The molecule has 1 heterocycles. The molecule has 1 aliphatic rings. The standard InChI is InChI=1S/C15H23NO3/c1-17-10-12-9-14(18-2)8-11(15(12)19-3)7-13-5-4-6-16-13/h8-9,13,16H,4-7,10H2,1-3H3. The molecule has 0 aliphatic carbocycles. The Morgan fingerprint density at radius 3 is 2.53 bits per heavy atom. The highest BCUT2D eigenvalue weighted by molar-refractivity contribution is 5.47. The highest BCUT2D eigenvalue weighted by atomic mass is 16.5. The van der Waals surface area contributed by atoms with Crippen LogP contribution in [-0.2, 0) is 17.8 Å². The van der Waals surface area contributed by atoms with Gasteiger partial charge in [0.05, 0.1) is 20.8 Å². The molecule has 1 saturated heterocycles. The summed E-state index contributed by atoms with van der Waals surface area (Å²) in [7, 11) is 5.10. The minimum atomic E-state index is 0.533. The van der Waals surface area contributed by atoms with Gasteiger partial charge in [-0.05, 0) is 43.5 Å². The number of hydrogen-bond donors (Lipinski definition) is 1. The van der Waals surface area contributed by atoms with Crippen LogP contribution in [0.4, 0.5) is 0 Å². The maximum absolute atomic E-state index is 5.58. The molecule has 0 saturated carbocycles. The number of hydrogen-bond acceptors (Lipinski definition) is 4. The van der Waals surface area contributed by atoms with Crippen LogP contribution in [0.1, 0.15) is 24.0 Å². The summed E-state index contributed by atoms with van der Waals surface area (Å²) in [6, 6.07) is 4.59. The lowest BCUT2D eigenvalue weighted by Crippen LogP contribution is -2.24. The fourth-order valence-electron chi connectivity index (χ4n) is 2.71. The zero-order valence-electron chi connectivity index (χ0n) is 12.0. The minimum absolute atomic E-state index is 0.533. The zero-order chi connectivity index (χ0) is 13.7. The Balaban J connectivity index is 2.29. The second-order valence-electron chi connectivity index (χ2n) is 4.91. The lowest BCUT2D eigenvalue weighted by atomic mass is 10.0. The second-order valence-corrected chi connectivity index (χ2v) is 4.91. The normalized spacial score (nSPS) is 18.6. The van der Waals surface area contributed by atoms with Gasteiger partial charge in [0, 0.05) is 18.7 Å². The molecule has 0 bridgehead atoms. The quantitative estimate of drug-likeness (QED) is 0.855. The highest BCUT2D eigenvalue weighted by Gasteiger charge is 2.19. The van der Waals surface area contributed by atoms with Crippen LogP contribution in [0.5, 0.6) is 11.5 Å². The van der Waals surface area contributed by atoms with Gasteiger partial charge >= 0.3 is 0 Å². The van der Waals surface area contributed by atoms with E-state index in [1.54, 1.807) is 21.3 Å². The molecule has 1 aromatic rings. The second kappa shape index (κ2) is 6.78. The number of methoxy groups -OCH3 is 3. The van der Waals surface area contributed by atoms with Gasteiger partial charge in [-0.2, -0.15) is 0 Å². The summed E-state index contributed by atoms with van der Waals surface area (Å²) in [5.74, 6) is 1.79. The van der Waals surface area contributed by atoms with E-state index >= 15 is 0 Å². The molecule has 0 amide bonds. The molecule has 0 spiro atoms. The van der Waals surface area contributed by atoms with Crippen LogP contribution in [-0.4, -0.2) is 33.9 Å². The first-order chi connectivity index (χ1) is 9.28. The van der Waals surface area contributed by atoms with E-state index in [9.17, 15) is 0 Å². The van der Waals surface area contributed by atoms with Gasteiger partial charge in [-0.15, -0.1) is 0 Å². The fraction of sp³-hybridized carbons (Fsp3) is 0.600. The molecule has 19 heavy (non-hydrogen) atoms. The van der Waals surface area contributed by atoms with Crippen molar-refractivity contribution in [3.63, 3.8) is 0 Å². The summed E-state index contributed by atoms with van der Waals surface area (Å²) in [6.45, 7) is 1.65. The molecule has 1 aromatic carbocycles. The van der Waals surface area contributed by atoms with Gasteiger partial charge in [-0.25, -0.2) is 0 Å². The largest absolute Gasteiger partial charge is 0.497 e. The zero-order valence-corrected chi connectivity index (χ0v) is 12.0. The van der Waals surface area contributed by atoms with Gasteiger partial charge in [0.1, 0.15) is 11.5 Å². The van der Waals surface area contributed by atoms with Crippen molar-refractivity contribution in [1.82, 2.24) is 5.32 Å². The van der Waals surface area contributed by atoms with Crippen LogP contribution >= 0.6 is 0 Å². The van der Waals surface area contributed by atoms with Crippen LogP contribution in [0, 0.1) is 0 Å². The van der Waals surface area contributed by atoms with Gasteiger partial charge in [0.25, 0.3) is 0 Å². The van der Waals surface area contributed by atoms with Crippen LogP contribution in [0.15, 0.2) is 12.1 Å². The average molecular weight is 265 g/mol. The molecule has 106 valence electrons. The van der Waals surface area contributed by atoms with Crippen molar-refractivity contribution in [3.05, 3.63) is 23.3 Å². The number of benzene rings is 1. The summed E-state index contributed by atoms with van der Waals surface area (Å²) >= 11 is 0. The Labute approximate surface area is 115 Å². The molecule has 1 aliphatic heterocycles. The van der Waals surface area contributed by atoms with Crippen LogP contribution in [0.2, 0.25) is 0 Å². The van der Waals surface area contributed by atoms with E-state index in [1.165, 1.54) is 18.4 Å². The lowest BCUT2D eigenvalue weighted by molar-refractivity contribution is 0.181. The first-order valence-electron chi connectivity index (χ1n) is 6.74. The van der Waals surface area contributed by atoms with E-state index in [0.717, 1.165) is 30.0 Å². The lowest BCUT2D eigenvalue weighted by Gasteiger charge is -2.18. The van der Waals surface area contributed by atoms with E-state index in [-0.39, 0.29) is 0 Å². The van der Waals surface area contributed by atoms with E-state index < -0.39 is 0 Å². The van der Waals surface area contributed by atoms with Crippen molar-refractivity contribution in [2.24, 2.45) is 0 Å². The maximum atomic E-state index is 5.58. The first kappa shape index (κ1) is 14.2. The van der Waals surface area contributed by atoms with E-state index in [1.807, 2.05) is 6.07 Å². The Kier molecular flexibility index (Phi) is 5.05. The molecule has 2 rings (SSSR count). The molecule has 1 N–H and O–H groups in total. The van der Waals surface area contributed by atoms with Gasteiger partial charge in [0.2, 0.25) is 0 Å².